The van der Waals surface area contributed by atoms with Crippen molar-refractivity contribution < 1.29 is 17.9 Å². The van der Waals surface area contributed by atoms with E-state index in [1.54, 1.807) is 19.1 Å². The van der Waals surface area contributed by atoms with Gasteiger partial charge < -0.3 is 4.74 Å². The summed E-state index contributed by atoms with van der Waals surface area (Å²) in [5.74, 6) is -0.814. The molecule has 0 heterocycles. The van der Waals surface area contributed by atoms with Crippen molar-refractivity contribution in [2.75, 3.05) is 17.1 Å². The lowest BCUT2D eigenvalue weighted by atomic mass is 10.3. The number of anilines is 1. The Morgan fingerprint density at radius 1 is 1.47 bits per heavy atom. The van der Waals surface area contributed by atoms with E-state index in [1.807, 2.05) is 28.7 Å². The van der Waals surface area contributed by atoms with E-state index in [1.165, 1.54) is 0 Å². The van der Waals surface area contributed by atoms with Gasteiger partial charge in [-0.05, 0) is 47.7 Å². The number of ether oxygens (including phenoxy) is 1. The van der Waals surface area contributed by atoms with Gasteiger partial charge in [0.2, 0.25) is 10.0 Å². The molecule has 0 atom stereocenters. The smallest absolute Gasteiger partial charge is 0.306 e. The highest BCUT2D eigenvalue weighted by Crippen LogP contribution is 2.24. The first-order chi connectivity index (χ1) is 8.84. The summed E-state index contributed by atoms with van der Waals surface area (Å²) in [4.78, 5) is 11.1. The zero-order valence-electron chi connectivity index (χ0n) is 10.2. The van der Waals surface area contributed by atoms with E-state index < -0.39 is 16.0 Å². The fraction of sp³-hybridized carbons (Fsp3) is 0.364. The zero-order valence-corrected chi connectivity index (χ0v) is 14.7. The van der Waals surface area contributed by atoms with Crippen LogP contribution in [0.5, 0.6) is 0 Å². The maximum atomic E-state index is 11.8. The van der Waals surface area contributed by atoms with Crippen molar-refractivity contribution in [3.8, 4) is 0 Å². The predicted octanol–water partition coefficient (Wildman–Crippen LogP) is 2.75. The lowest BCUT2D eigenvalue weighted by Crippen LogP contribution is -2.20. The van der Waals surface area contributed by atoms with Gasteiger partial charge in [-0.15, -0.1) is 0 Å². The topological polar surface area (TPSA) is 72.5 Å². The monoisotopic (exact) mass is 461 g/mol. The first-order valence-electron chi connectivity index (χ1n) is 5.45. The second kappa shape index (κ2) is 7.44. The Morgan fingerprint density at radius 3 is 2.79 bits per heavy atom. The van der Waals surface area contributed by atoms with Crippen LogP contribution in [0, 0.1) is 3.57 Å². The third kappa shape index (κ3) is 6.09. The van der Waals surface area contributed by atoms with E-state index in [4.69, 9.17) is 4.74 Å². The van der Waals surface area contributed by atoms with E-state index in [2.05, 4.69) is 20.7 Å². The molecule has 0 aliphatic carbocycles. The molecular formula is C11H13BrINO4S. The molecule has 0 aromatic heterocycles. The minimum atomic E-state index is -3.56. The first kappa shape index (κ1) is 16.7. The molecule has 0 fully saturated rings. The van der Waals surface area contributed by atoms with Crippen LogP contribution in [-0.2, 0) is 19.6 Å². The minimum Gasteiger partial charge on any atom is -0.466 e. The SMILES string of the molecule is CCOC(=O)CCS(=O)(=O)Nc1cc(Br)ccc1I. The lowest BCUT2D eigenvalue weighted by Gasteiger charge is -2.10. The van der Waals surface area contributed by atoms with Gasteiger partial charge in [0.25, 0.3) is 0 Å². The number of nitrogens with one attached hydrogen (secondary N) is 1. The van der Waals surface area contributed by atoms with Crippen LogP contribution in [-0.4, -0.2) is 26.7 Å². The van der Waals surface area contributed by atoms with Crippen molar-refractivity contribution in [1.29, 1.82) is 0 Å². The summed E-state index contributed by atoms with van der Waals surface area (Å²) in [6.45, 7) is 1.92. The lowest BCUT2D eigenvalue weighted by molar-refractivity contribution is -0.142. The normalized spacial score (nSPS) is 11.1. The maximum Gasteiger partial charge on any atom is 0.306 e. The van der Waals surface area contributed by atoms with Gasteiger partial charge in [-0.3, -0.25) is 9.52 Å². The standard InChI is InChI=1S/C11H13BrINO4S/c1-2-18-11(15)5-6-19(16,17)14-10-7-8(12)3-4-9(10)13/h3-4,7,14H,2,5-6H2,1H3. The van der Waals surface area contributed by atoms with Gasteiger partial charge in [-0.1, -0.05) is 15.9 Å². The van der Waals surface area contributed by atoms with Crippen LogP contribution in [0.1, 0.15) is 13.3 Å². The van der Waals surface area contributed by atoms with Crippen LogP contribution >= 0.6 is 38.5 Å². The van der Waals surface area contributed by atoms with E-state index in [-0.39, 0.29) is 18.8 Å². The van der Waals surface area contributed by atoms with Gasteiger partial charge >= 0.3 is 5.97 Å². The number of sulfonamides is 1. The number of carbonyl (C=O) groups is 1. The summed E-state index contributed by atoms with van der Waals surface area (Å²) >= 11 is 5.31. The number of carbonyl (C=O) groups excluding carboxylic acids is 1. The van der Waals surface area contributed by atoms with Crippen LogP contribution in [0.4, 0.5) is 5.69 Å². The van der Waals surface area contributed by atoms with Gasteiger partial charge in [0, 0.05) is 8.04 Å². The van der Waals surface area contributed by atoms with Crippen molar-refractivity contribution in [3.63, 3.8) is 0 Å². The zero-order chi connectivity index (χ0) is 14.5. The van der Waals surface area contributed by atoms with Crippen LogP contribution in [0.2, 0.25) is 0 Å². The second-order valence-corrected chi connectivity index (χ2v) is 7.52. The van der Waals surface area contributed by atoms with Gasteiger partial charge in [0.1, 0.15) is 0 Å². The maximum absolute atomic E-state index is 11.8. The average molecular weight is 462 g/mol. The minimum absolute atomic E-state index is 0.159. The molecule has 0 aliphatic rings. The first-order valence-corrected chi connectivity index (χ1v) is 8.97. The van der Waals surface area contributed by atoms with Crippen LogP contribution in [0.25, 0.3) is 0 Å². The van der Waals surface area contributed by atoms with Crippen molar-refractivity contribution in [2.45, 2.75) is 13.3 Å². The Balaban J connectivity index is 2.69. The third-order valence-electron chi connectivity index (χ3n) is 2.07. The Kier molecular flexibility index (Phi) is 6.54. The molecule has 1 aromatic carbocycles. The molecule has 1 aromatic rings. The highest BCUT2D eigenvalue weighted by atomic mass is 127. The van der Waals surface area contributed by atoms with Crippen LogP contribution < -0.4 is 4.72 Å². The van der Waals surface area contributed by atoms with E-state index in [0.717, 1.165) is 8.04 Å². The fourth-order valence-corrected chi connectivity index (χ4v) is 3.30. The molecule has 0 bridgehead atoms. The molecule has 0 unspecified atom stereocenters. The molecular weight excluding hydrogens is 449 g/mol. The Bertz CT molecular complexity index is 562. The van der Waals surface area contributed by atoms with Crippen molar-refractivity contribution in [2.24, 2.45) is 0 Å². The van der Waals surface area contributed by atoms with Crippen molar-refractivity contribution in [3.05, 3.63) is 26.2 Å². The number of hydrogen-bond donors (Lipinski definition) is 1. The molecule has 0 aliphatic heterocycles. The average Bonchev–Trinajstić information content (AvgIpc) is 2.32. The molecule has 0 saturated carbocycles. The number of benzene rings is 1. The Labute approximate surface area is 134 Å². The molecule has 1 N–H and O–H groups in total. The Morgan fingerprint density at radius 2 is 2.16 bits per heavy atom. The van der Waals surface area contributed by atoms with Crippen molar-refractivity contribution in [1.82, 2.24) is 0 Å². The molecule has 0 spiro atoms. The highest BCUT2D eigenvalue weighted by molar-refractivity contribution is 14.1. The summed E-state index contributed by atoms with van der Waals surface area (Å²) in [7, 11) is -3.56. The van der Waals surface area contributed by atoms with E-state index in [9.17, 15) is 13.2 Å². The van der Waals surface area contributed by atoms with E-state index in [0.29, 0.717) is 5.69 Å². The quantitative estimate of drug-likeness (QED) is 0.522. The predicted molar refractivity (Wildman–Crippen MR) is 85.5 cm³/mol. The molecule has 5 nitrogen and oxygen atoms in total. The molecule has 1 rings (SSSR count). The second-order valence-electron chi connectivity index (χ2n) is 3.60. The van der Waals surface area contributed by atoms with Gasteiger partial charge in [-0.2, -0.15) is 0 Å². The van der Waals surface area contributed by atoms with Crippen molar-refractivity contribution >= 4 is 60.2 Å². The molecule has 8 heteroatoms. The number of rotatable bonds is 6. The molecule has 19 heavy (non-hydrogen) atoms. The number of halogens is 2. The summed E-state index contributed by atoms with van der Waals surface area (Å²) in [5.41, 5.74) is 0.485. The van der Waals surface area contributed by atoms with Crippen LogP contribution in [0.15, 0.2) is 22.7 Å². The third-order valence-corrected chi connectivity index (χ3v) is 4.78. The summed E-state index contributed by atoms with van der Waals surface area (Å²) < 4.78 is 32.4. The van der Waals surface area contributed by atoms with Gasteiger partial charge in [0.15, 0.2) is 0 Å². The largest absolute Gasteiger partial charge is 0.466 e. The number of hydrogen-bond acceptors (Lipinski definition) is 4. The molecule has 0 saturated heterocycles. The van der Waals surface area contributed by atoms with E-state index >= 15 is 0 Å². The Hall–Kier alpha value is -0.350. The van der Waals surface area contributed by atoms with Crippen LogP contribution in [0.3, 0.4) is 0 Å². The summed E-state index contributed by atoms with van der Waals surface area (Å²) in [6, 6.07) is 5.27. The summed E-state index contributed by atoms with van der Waals surface area (Å²) in [6.07, 6.45) is -0.159. The van der Waals surface area contributed by atoms with Gasteiger partial charge in [0.05, 0.1) is 24.5 Å². The van der Waals surface area contributed by atoms with Gasteiger partial charge in [-0.25, -0.2) is 8.42 Å². The highest BCUT2D eigenvalue weighted by Gasteiger charge is 2.15. The molecule has 0 radical (unpaired) electrons. The summed E-state index contributed by atoms with van der Waals surface area (Å²) in [5, 5.41) is 0. The molecule has 0 amide bonds. The number of esters is 1. The fourth-order valence-electron chi connectivity index (χ4n) is 1.25. The molecule has 106 valence electrons.